The van der Waals surface area contributed by atoms with Crippen LogP contribution in [0.25, 0.3) is 0 Å². The highest BCUT2D eigenvalue weighted by Gasteiger charge is 2.46. The van der Waals surface area contributed by atoms with Gasteiger partial charge in [-0.2, -0.15) is 0 Å². The minimum absolute atomic E-state index is 0.0542. The molecule has 0 unspecified atom stereocenters. The standard InChI is InChI=1S/C14H18O2/c1-9-3-4-12-11-8-16-13(15)10(11)5-6-14(12,2)7-9/h12H,1,3-8H2,2H3/t12-,14+/m0/s1. The second-order valence-electron chi connectivity index (χ2n) is 5.75. The van der Waals surface area contributed by atoms with Gasteiger partial charge < -0.3 is 4.74 Å². The van der Waals surface area contributed by atoms with Gasteiger partial charge in [0.05, 0.1) is 0 Å². The maximum atomic E-state index is 11.6. The van der Waals surface area contributed by atoms with E-state index in [2.05, 4.69) is 13.5 Å². The molecule has 16 heavy (non-hydrogen) atoms. The summed E-state index contributed by atoms with van der Waals surface area (Å²) in [5.41, 5.74) is 4.02. The van der Waals surface area contributed by atoms with E-state index in [1.165, 1.54) is 11.1 Å². The molecule has 2 nitrogen and oxygen atoms in total. The summed E-state index contributed by atoms with van der Waals surface area (Å²) in [7, 11) is 0. The van der Waals surface area contributed by atoms with Crippen LogP contribution in [0.2, 0.25) is 0 Å². The molecule has 0 saturated heterocycles. The third-order valence-corrected chi connectivity index (χ3v) is 4.64. The van der Waals surface area contributed by atoms with Crippen LogP contribution in [0.4, 0.5) is 0 Å². The molecule has 0 spiro atoms. The summed E-state index contributed by atoms with van der Waals surface area (Å²) in [6, 6.07) is 0. The molecule has 3 rings (SSSR count). The van der Waals surface area contributed by atoms with Crippen molar-refractivity contribution in [2.45, 2.75) is 39.0 Å². The number of allylic oxidation sites excluding steroid dienone is 1. The largest absolute Gasteiger partial charge is 0.458 e. The average Bonchev–Trinajstić information content (AvgIpc) is 2.58. The molecule has 0 aromatic rings. The number of carbonyl (C=O) groups excluding carboxylic acids is 1. The lowest BCUT2D eigenvalue weighted by molar-refractivity contribution is -0.136. The number of hydrogen-bond donors (Lipinski definition) is 0. The van der Waals surface area contributed by atoms with E-state index in [0.717, 1.165) is 37.7 Å². The Morgan fingerprint density at radius 2 is 2.25 bits per heavy atom. The van der Waals surface area contributed by atoms with Crippen LogP contribution < -0.4 is 0 Å². The second-order valence-corrected chi connectivity index (χ2v) is 5.75. The van der Waals surface area contributed by atoms with Crippen molar-refractivity contribution in [3.8, 4) is 0 Å². The van der Waals surface area contributed by atoms with Gasteiger partial charge in [0.1, 0.15) is 6.61 Å². The van der Waals surface area contributed by atoms with Gasteiger partial charge in [0.2, 0.25) is 0 Å². The normalized spacial score (nSPS) is 38.2. The molecule has 1 saturated carbocycles. The summed E-state index contributed by atoms with van der Waals surface area (Å²) in [6.07, 6.45) is 5.43. The van der Waals surface area contributed by atoms with Crippen LogP contribution in [0.5, 0.6) is 0 Å². The molecule has 2 atom stereocenters. The average molecular weight is 218 g/mol. The van der Waals surface area contributed by atoms with Crippen molar-refractivity contribution in [2.24, 2.45) is 11.3 Å². The van der Waals surface area contributed by atoms with Crippen LogP contribution in [0.3, 0.4) is 0 Å². The van der Waals surface area contributed by atoms with Crippen molar-refractivity contribution >= 4 is 5.97 Å². The first kappa shape index (κ1) is 10.1. The van der Waals surface area contributed by atoms with E-state index in [0.29, 0.717) is 17.9 Å². The van der Waals surface area contributed by atoms with E-state index >= 15 is 0 Å². The molecule has 0 aromatic heterocycles. The molecule has 2 heteroatoms. The second kappa shape index (κ2) is 3.22. The lowest BCUT2D eigenvalue weighted by Gasteiger charge is -2.45. The fourth-order valence-electron chi connectivity index (χ4n) is 3.77. The molecule has 1 aliphatic heterocycles. The third kappa shape index (κ3) is 1.28. The van der Waals surface area contributed by atoms with Gasteiger partial charge in [-0.25, -0.2) is 4.79 Å². The summed E-state index contributed by atoms with van der Waals surface area (Å²) in [5, 5.41) is 0. The van der Waals surface area contributed by atoms with Gasteiger partial charge in [0.15, 0.2) is 0 Å². The monoisotopic (exact) mass is 218 g/mol. The summed E-state index contributed by atoms with van der Waals surface area (Å²) in [6.45, 7) is 7.05. The van der Waals surface area contributed by atoms with Crippen LogP contribution >= 0.6 is 0 Å². The Morgan fingerprint density at radius 3 is 3.06 bits per heavy atom. The van der Waals surface area contributed by atoms with Crippen LogP contribution in [0.15, 0.2) is 23.3 Å². The lowest BCUT2D eigenvalue weighted by Crippen LogP contribution is -2.36. The number of hydrogen-bond acceptors (Lipinski definition) is 2. The maximum absolute atomic E-state index is 11.6. The highest BCUT2D eigenvalue weighted by Crippen LogP contribution is 2.54. The lowest BCUT2D eigenvalue weighted by atomic mass is 9.58. The van der Waals surface area contributed by atoms with Crippen molar-refractivity contribution in [3.05, 3.63) is 23.3 Å². The first-order valence-electron chi connectivity index (χ1n) is 6.16. The van der Waals surface area contributed by atoms with Crippen LogP contribution in [-0.4, -0.2) is 12.6 Å². The Morgan fingerprint density at radius 1 is 1.44 bits per heavy atom. The van der Waals surface area contributed by atoms with Crippen molar-refractivity contribution in [3.63, 3.8) is 0 Å². The molecule has 0 radical (unpaired) electrons. The molecular formula is C14H18O2. The van der Waals surface area contributed by atoms with E-state index in [1.807, 2.05) is 0 Å². The van der Waals surface area contributed by atoms with E-state index < -0.39 is 0 Å². The van der Waals surface area contributed by atoms with Gasteiger partial charge in [0, 0.05) is 5.57 Å². The first-order chi connectivity index (χ1) is 7.60. The Hall–Kier alpha value is -1.05. The molecule has 3 aliphatic rings. The van der Waals surface area contributed by atoms with Crippen molar-refractivity contribution in [1.29, 1.82) is 0 Å². The number of fused-ring (bicyclic) bond motifs is 2. The van der Waals surface area contributed by atoms with Gasteiger partial charge in [-0.3, -0.25) is 0 Å². The van der Waals surface area contributed by atoms with Crippen LogP contribution in [0.1, 0.15) is 39.0 Å². The summed E-state index contributed by atoms with van der Waals surface area (Å²) in [5.74, 6) is 0.509. The number of rotatable bonds is 0. The zero-order valence-corrected chi connectivity index (χ0v) is 9.84. The molecule has 0 amide bonds. The summed E-state index contributed by atoms with van der Waals surface area (Å²) >= 11 is 0. The molecule has 1 heterocycles. The number of esters is 1. The Balaban J connectivity index is 1.99. The number of cyclic esters (lactones) is 1. The fraction of sp³-hybridized carbons (Fsp3) is 0.643. The minimum atomic E-state index is -0.0542. The number of carbonyl (C=O) groups is 1. The third-order valence-electron chi connectivity index (χ3n) is 4.64. The highest BCUT2D eigenvalue weighted by atomic mass is 16.5. The van der Waals surface area contributed by atoms with Crippen LogP contribution in [0, 0.1) is 11.3 Å². The van der Waals surface area contributed by atoms with E-state index in [1.54, 1.807) is 0 Å². The topological polar surface area (TPSA) is 26.3 Å². The van der Waals surface area contributed by atoms with E-state index in [4.69, 9.17) is 4.74 Å². The van der Waals surface area contributed by atoms with Gasteiger partial charge >= 0.3 is 5.97 Å². The fourth-order valence-corrected chi connectivity index (χ4v) is 3.77. The van der Waals surface area contributed by atoms with Gasteiger partial charge in [-0.05, 0) is 49.0 Å². The molecular weight excluding hydrogens is 200 g/mol. The Kier molecular flexibility index (Phi) is 2.04. The SMILES string of the molecule is C=C1CC[C@H]2C3=C(CC[C@]2(C)C1)C(=O)OC3. The Labute approximate surface area is 96.4 Å². The van der Waals surface area contributed by atoms with Crippen molar-refractivity contribution in [2.75, 3.05) is 6.61 Å². The predicted octanol–water partition coefficient (Wildman–Crippen LogP) is 3.00. The summed E-state index contributed by atoms with van der Waals surface area (Å²) < 4.78 is 5.19. The maximum Gasteiger partial charge on any atom is 0.334 e. The van der Waals surface area contributed by atoms with Gasteiger partial charge in [0.25, 0.3) is 0 Å². The molecule has 0 bridgehead atoms. The van der Waals surface area contributed by atoms with E-state index in [-0.39, 0.29) is 5.97 Å². The predicted molar refractivity (Wildman–Crippen MR) is 61.8 cm³/mol. The van der Waals surface area contributed by atoms with Crippen molar-refractivity contribution < 1.29 is 9.53 Å². The summed E-state index contributed by atoms with van der Waals surface area (Å²) in [4.78, 5) is 11.6. The zero-order valence-electron chi connectivity index (χ0n) is 9.84. The van der Waals surface area contributed by atoms with Crippen LogP contribution in [-0.2, 0) is 9.53 Å². The van der Waals surface area contributed by atoms with Gasteiger partial charge in [-0.15, -0.1) is 0 Å². The first-order valence-corrected chi connectivity index (χ1v) is 6.16. The molecule has 86 valence electrons. The zero-order chi connectivity index (χ0) is 11.3. The smallest absolute Gasteiger partial charge is 0.334 e. The number of ether oxygens (including phenoxy) is 1. The molecule has 2 aliphatic carbocycles. The molecule has 0 aromatic carbocycles. The quantitative estimate of drug-likeness (QED) is 0.461. The molecule has 0 N–H and O–H groups in total. The Bertz CT molecular complexity index is 405. The molecule has 1 fully saturated rings. The van der Waals surface area contributed by atoms with Gasteiger partial charge in [-0.1, -0.05) is 19.1 Å². The minimum Gasteiger partial charge on any atom is -0.458 e. The van der Waals surface area contributed by atoms with Crippen molar-refractivity contribution in [1.82, 2.24) is 0 Å². The van der Waals surface area contributed by atoms with E-state index in [9.17, 15) is 4.79 Å². The highest BCUT2D eigenvalue weighted by molar-refractivity contribution is 5.92.